The highest BCUT2D eigenvalue weighted by molar-refractivity contribution is 5.95. The molecule has 5 atom stereocenters. The Labute approximate surface area is 246 Å². The lowest BCUT2D eigenvalue weighted by Gasteiger charge is -2.27. The molecule has 7 N–H and O–H groups in total. The van der Waals surface area contributed by atoms with E-state index in [0.717, 1.165) is 22.0 Å². The van der Waals surface area contributed by atoms with Crippen molar-refractivity contribution in [3.63, 3.8) is 0 Å². The first-order chi connectivity index (χ1) is 20.0. The van der Waals surface area contributed by atoms with Gasteiger partial charge in [0.05, 0.1) is 6.04 Å². The standard InChI is InChI=1S/C32H43N5O5/c1-5-20(4)28(33)31(40)36-26(17-22-18-34-24-14-10-9-13-23(22)24)30(39)35-25(15-19(2)3)29(38)37-27(32(41)42)16-21-11-7-6-8-12-21/h6-14,18-20,25-28,34H,5,15-17,33H2,1-4H3,(H,35,39)(H,36,40)(H,37,38)(H,41,42). The lowest BCUT2D eigenvalue weighted by Crippen LogP contribution is -2.58. The number of aliphatic carboxylic acids is 1. The van der Waals surface area contributed by atoms with E-state index in [-0.39, 0.29) is 31.1 Å². The van der Waals surface area contributed by atoms with E-state index in [4.69, 9.17) is 5.73 Å². The molecule has 0 aliphatic carbocycles. The van der Waals surface area contributed by atoms with Crippen molar-refractivity contribution in [2.75, 3.05) is 0 Å². The van der Waals surface area contributed by atoms with Crippen LogP contribution >= 0.6 is 0 Å². The molecule has 42 heavy (non-hydrogen) atoms. The topological polar surface area (TPSA) is 166 Å². The van der Waals surface area contributed by atoms with Crippen LogP contribution < -0.4 is 21.7 Å². The predicted molar refractivity (Wildman–Crippen MR) is 162 cm³/mol. The molecule has 226 valence electrons. The number of carbonyl (C=O) groups is 4. The number of para-hydroxylation sites is 1. The molecule has 3 amide bonds. The number of benzene rings is 2. The molecule has 0 fully saturated rings. The number of aromatic amines is 1. The Morgan fingerprint density at radius 2 is 1.40 bits per heavy atom. The van der Waals surface area contributed by atoms with Crippen molar-refractivity contribution in [3.05, 3.63) is 71.9 Å². The molecule has 5 unspecified atom stereocenters. The van der Waals surface area contributed by atoms with Crippen molar-refractivity contribution in [3.8, 4) is 0 Å². The third-order valence-corrected chi connectivity index (χ3v) is 7.53. The third-order valence-electron chi connectivity index (χ3n) is 7.53. The molecule has 10 heteroatoms. The van der Waals surface area contributed by atoms with Gasteiger partial charge in [-0.1, -0.05) is 82.6 Å². The molecule has 3 rings (SSSR count). The second-order valence-corrected chi connectivity index (χ2v) is 11.3. The average Bonchev–Trinajstić information content (AvgIpc) is 3.38. The summed E-state index contributed by atoms with van der Waals surface area (Å²) < 4.78 is 0. The maximum Gasteiger partial charge on any atom is 0.326 e. The van der Waals surface area contributed by atoms with Gasteiger partial charge in [0.15, 0.2) is 0 Å². The maximum absolute atomic E-state index is 13.7. The molecular formula is C32H43N5O5. The van der Waals surface area contributed by atoms with Crippen LogP contribution in [0.15, 0.2) is 60.8 Å². The summed E-state index contributed by atoms with van der Waals surface area (Å²) in [5.74, 6) is -2.87. The minimum absolute atomic E-state index is 0.0129. The first-order valence-electron chi connectivity index (χ1n) is 14.5. The van der Waals surface area contributed by atoms with Crippen LogP contribution in [0.5, 0.6) is 0 Å². The van der Waals surface area contributed by atoms with Crippen LogP contribution in [0.4, 0.5) is 0 Å². The molecule has 10 nitrogen and oxygen atoms in total. The minimum Gasteiger partial charge on any atom is -0.480 e. The molecule has 0 radical (unpaired) electrons. The normalized spacial score (nSPS) is 14.9. The van der Waals surface area contributed by atoms with Gasteiger partial charge in [-0.2, -0.15) is 0 Å². The van der Waals surface area contributed by atoms with Gasteiger partial charge in [0, 0.05) is 29.9 Å². The zero-order chi connectivity index (χ0) is 30.8. The lowest BCUT2D eigenvalue weighted by atomic mass is 9.97. The summed E-state index contributed by atoms with van der Waals surface area (Å²) in [6.07, 6.45) is 3.02. The van der Waals surface area contributed by atoms with Crippen LogP contribution in [0.3, 0.4) is 0 Å². The maximum atomic E-state index is 13.7. The van der Waals surface area contributed by atoms with E-state index in [2.05, 4.69) is 20.9 Å². The number of rotatable bonds is 15. The highest BCUT2D eigenvalue weighted by Gasteiger charge is 2.32. The fourth-order valence-corrected chi connectivity index (χ4v) is 4.81. The van der Waals surface area contributed by atoms with Gasteiger partial charge in [-0.25, -0.2) is 4.79 Å². The fourth-order valence-electron chi connectivity index (χ4n) is 4.81. The lowest BCUT2D eigenvalue weighted by molar-refractivity contribution is -0.142. The Kier molecular flexibility index (Phi) is 11.7. The second-order valence-electron chi connectivity index (χ2n) is 11.3. The van der Waals surface area contributed by atoms with E-state index >= 15 is 0 Å². The van der Waals surface area contributed by atoms with E-state index < -0.39 is 47.9 Å². The van der Waals surface area contributed by atoms with Crippen molar-refractivity contribution in [2.24, 2.45) is 17.6 Å². The third kappa shape index (κ3) is 8.91. The highest BCUT2D eigenvalue weighted by Crippen LogP contribution is 2.20. The van der Waals surface area contributed by atoms with Crippen LogP contribution in [0.1, 0.15) is 51.7 Å². The number of H-pyrrole nitrogens is 1. The smallest absolute Gasteiger partial charge is 0.326 e. The minimum atomic E-state index is -1.18. The summed E-state index contributed by atoms with van der Waals surface area (Å²) in [5, 5.41) is 18.9. The molecule has 3 aromatic rings. The Balaban J connectivity index is 1.83. The van der Waals surface area contributed by atoms with Crippen molar-refractivity contribution in [1.29, 1.82) is 0 Å². The van der Waals surface area contributed by atoms with Crippen molar-refractivity contribution in [1.82, 2.24) is 20.9 Å². The van der Waals surface area contributed by atoms with E-state index in [1.54, 1.807) is 30.5 Å². The molecule has 0 aliphatic rings. The van der Waals surface area contributed by atoms with Crippen LogP contribution in [0.25, 0.3) is 10.9 Å². The molecule has 2 aromatic carbocycles. The molecule has 1 heterocycles. The van der Waals surface area contributed by atoms with Crippen LogP contribution in [-0.2, 0) is 32.0 Å². The van der Waals surface area contributed by atoms with Gasteiger partial charge < -0.3 is 31.8 Å². The number of hydrogen-bond donors (Lipinski definition) is 6. The summed E-state index contributed by atoms with van der Waals surface area (Å²) in [6, 6.07) is 12.6. The number of nitrogens with two attached hydrogens (primary N) is 1. The van der Waals surface area contributed by atoms with E-state index in [9.17, 15) is 24.3 Å². The first kappa shape index (κ1) is 32.3. The number of amides is 3. The van der Waals surface area contributed by atoms with Gasteiger partial charge in [0.1, 0.15) is 18.1 Å². The average molecular weight is 578 g/mol. The summed E-state index contributed by atoms with van der Waals surface area (Å²) >= 11 is 0. The Bertz CT molecular complexity index is 1360. The monoisotopic (exact) mass is 577 g/mol. The molecule has 0 spiro atoms. The van der Waals surface area contributed by atoms with Gasteiger partial charge in [-0.05, 0) is 35.4 Å². The molecular weight excluding hydrogens is 534 g/mol. The number of nitrogens with one attached hydrogen (secondary N) is 4. The number of hydrogen-bond acceptors (Lipinski definition) is 5. The largest absolute Gasteiger partial charge is 0.480 e. The Hall–Kier alpha value is -4.18. The zero-order valence-corrected chi connectivity index (χ0v) is 24.7. The van der Waals surface area contributed by atoms with E-state index in [1.807, 2.05) is 58.0 Å². The molecule has 0 aliphatic heterocycles. The number of carboxylic acids is 1. The molecule has 0 saturated carbocycles. The predicted octanol–water partition coefficient (Wildman–Crippen LogP) is 2.91. The van der Waals surface area contributed by atoms with Crippen LogP contribution in [0.2, 0.25) is 0 Å². The van der Waals surface area contributed by atoms with Gasteiger partial charge in [0.2, 0.25) is 17.7 Å². The number of carboxylic acid groups (broad SMARTS) is 1. The van der Waals surface area contributed by atoms with Gasteiger partial charge in [-0.3, -0.25) is 14.4 Å². The summed E-state index contributed by atoms with van der Waals surface area (Å²) in [6.45, 7) is 7.62. The number of aromatic nitrogens is 1. The highest BCUT2D eigenvalue weighted by atomic mass is 16.4. The quantitative estimate of drug-likeness (QED) is 0.162. The van der Waals surface area contributed by atoms with Crippen molar-refractivity contribution in [2.45, 2.75) is 77.5 Å². The van der Waals surface area contributed by atoms with Gasteiger partial charge >= 0.3 is 5.97 Å². The van der Waals surface area contributed by atoms with Gasteiger partial charge in [-0.15, -0.1) is 0 Å². The second kappa shape index (κ2) is 15.2. The van der Waals surface area contributed by atoms with E-state index in [1.165, 1.54) is 0 Å². The Morgan fingerprint density at radius 1 is 0.810 bits per heavy atom. The summed E-state index contributed by atoms with van der Waals surface area (Å²) in [4.78, 5) is 55.4. The summed E-state index contributed by atoms with van der Waals surface area (Å²) in [7, 11) is 0. The molecule has 0 saturated heterocycles. The Morgan fingerprint density at radius 3 is 2.05 bits per heavy atom. The molecule has 0 bridgehead atoms. The van der Waals surface area contributed by atoms with Gasteiger partial charge in [0.25, 0.3) is 0 Å². The van der Waals surface area contributed by atoms with Crippen molar-refractivity contribution < 1.29 is 24.3 Å². The zero-order valence-electron chi connectivity index (χ0n) is 24.7. The van der Waals surface area contributed by atoms with Crippen LogP contribution in [0, 0.1) is 11.8 Å². The first-order valence-corrected chi connectivity index (χ1v) is 14.5. The SMILES string of the molecule is CCC(C)C(N)C(=O)NC(Cc1c[nH]c2ccccc12)C(=O)NC(CC(C)C)C(=O)NC(Cc1ccccc1)C(=O)O. The number of carbonyl (C=O) groups excluding carboxylic acids is 3. The van der Waals surface area contributed by atoms with Crippen LogP contribution in [-0.4, -0.2) is 57.9 Å². The molecule has 1 aromatic heterocycles. The van der Waals surface area contributed by atoms with Crippen molar-refractivity contribution >= 4 is 34.6 Å². The van der Waals surface area contributed by atoms with E-state index in [0.29, 0.717) is 6.42 Å². The fraction of sp³-hybridized carbons (Fsp3) is 0.438. The number of fused-ring (bicyclic) bond motifs is 1. The summed E-state index contributed by atoms with van der Waals surface area (Å²) in [5.41, 5.74) is 8.65.